The highest BCUT2D eigenvalue weighted by Crippen LogP contribution is 2.19. The third kappa shape index (κ3) is 1.10. The lowest BCUT2D eigenvalue weighted by Crippen LogP contribution is -2.16. The average Bonchev–Trinajstić information content (AvgIpc) is 2.20. The van der Waals surface area contributed by atoms with Gasteiger partial charge in [-0.05, 0) is 12.5 Å². The summed E-state index contributed by atoms with van der Waals surface area (Å²) in [5.74, 6) is 0.202. The molecule has 1 fully saturated rings. The van der Waals surface area contributed by atoms with Gasteiger partial charge in [-0.25, -0.2) is 0 Å². The van der Waals surface area contributed by atoms with E-state index in [1.165, 1.54) is 0 Å². The molecule has 0 atom stereocenters. The Hall–Kier alpha value is -1.05. The number of allylic oxidation sites excluding steroid dienone is 3. The normalized spacial score (nSPS) is 22.3. The van der Waals surface area contributed by atoms with Gasteiger partial charge in [0.15, 0.2) is 0 Å². The number of carbonyl (C=O) groups excluding carboxylic acids is 1. The van der Waals surface area contributed by atoms with Crippen molar-refractivity contribution in [3.63, 3.8) is 0 Å². The fourth-order valence-corrected chi connectivity index (χ4v) is 1.06. The van der Waals surface area contributed by atoms with Gasteiger partial charge >= 0.3 is 0 Å². The zero-order valence-electron chi connectivity index (χ0n) is 6.13. The fraction of sp³-hybridized carbons (Fsp3) is 0.375. The summed E-state index contributed by atoms with van der Waals surface area (Å²) in [6, 6.07) is 0. The zero-order valence-corrected chi connectivity index (χ0v) is 6.13. The summed E-state index contributed by atoms with van der Waals surface area (Å²) in [5, 5.41) is 0. The van der Waals surface area contributed by atoms with E-state index in [-0.39, 0.29) is 5.91 Å². The van der Waals surface area contributed by atoms with Crippen LogP contribution in [0.2, 0.25) is 0 Å². The molecule has 0 spiro atoms. The van der Waals surface area contributed by atoms with Gasteiger partial charge in [-0.2, -0.15) is 0 Å². The Bertz CT molecular complexity index is 193. The Morgan fingerprint density at radius 1 is 1.60 bits per heavy atom. The zero-order chi connectivity index (χ0) is 7.56. The van der Waals surface area contributed by atoms with Crippen molar-refractivity contribution in [2.45, 2.75) is 12.8 Å². The van der Waals surface area contributed by atoms with E-state index in [0.717, 1.165) is 12.1 Å². The number of amides is 1. The number of rotatable bonds is 1. The standard InChI is InChI=1S/C8H11NO/c1-3-4-7-5-6-8(10)9(7)2/h3-4H,1,5-6H2,2H3/b7-4+. The van der Waals surface area contributed by atoms with Crippen molar-refractivity contribution in [1.82, 2.24) is 4.90 Å². The monoisotopic (exact) mass is 137 g/mol. The number of carbonyl (C=O) groups is 1. The Kier molecular flexibility index (Phi) is 1.90. The topological polar surface area (TPSA) is 20.3 Å². The first kappa shape index (κ1) is 7.06. The van der Waals surface area contributed by atoms with Crippen LogP contribution in [-0.4, -0.2) is 17.9 Å². The van der Waals surface area contributed by atoms with Crippen molar-refractivity contribution in [2.75, 3.05) is 7.05 Å². The predicted octanol–water partition coefficient (Wildman–Crippen LogP) is 1.31. The SMILES string of the molecule is C=C/C=C1\CCC(=O)N1C. The lowest BCUT2D eigenvalue weighted by atomic mass is 10.3. The highest BCUT2D eigenvalue weighted by Gasteiger charge is 2.20. The van der Waals surface area contributed by atoms with Crippen LogP contribution in [0, 0.1) is 0 Å². The van der Waals surface area contributed by atoms with Gasteiger partial charge < -0.3 is 4.90 Å². The van der Waals surface area contributed by atoms with Gasteiger partial charge in [0.2, 0.25) is 5.91 Å². The van der Waals surface area contributed by atoms with Crippen LogP contribution in [0.4, 0.5) is 0 Å². The summed E-state index contributed by atoms with van der Waals surface area (Å²) >= 11 is 0. The molecule has 2 nitrogen and oxygen atoms in total. The first-order chi connectivity index (χ1) is 4.75. The van der Waals surface area contributed by atoms with Gasteiger partial charge in [0, 0.05) is 19.2 Å². The van der Waals surface area contributed by atoms with Crippen molar-refractivity contribution in [3.05, 3.63) is 24.4 Å². The second-order valence-electron chi connectivity index (χ2n) is 2.35. The third-order valence-corrected chi connectivity index (χ3v) is 1.71. The molecule has 10 heavy (non-hydrogen) atoms. The van der Waals surface area contributed by atoms with E-state index in [1.54, 1.807) is 18.0 Å². The fourth-order valence-electron chi connectivity index (χ4n) is 1.06. The highest BCUT2D eigenvalue weighted by molar-refractivity contribution is 5.80. The van der Waals surface area contributed by atoms with E-state index in [2.05, 4.69) is 6.58 Å². The summed E-state index contributed by atoms with van der Waals surface area (Å²) in [6.45, 7) is 3.57. The molecule has 1 amide bonds. The molecule has 0 N–H and O–H groups in total. The van der Waals surface area contributed by atoms with E-state index in [0.29, 0.717) is 6.42 Å². The van der Waals surface area contributed by atoms with Gasteiger partial charge in [0.25, 0.3) is 0 Å². The maximum atomic E-state index is 10.9. The lowest BCUT2D eigenvalue weighted by molar-refractivity contribution is -0.125. The van der Waals surface area contributed by atoms with Gasteiger partial charge in [0.1, 0.15) is 0 Å². The van der Waals surface area contributed by atoms with Crippen LogP contribution in [0.25, 0.3) is 0 Å². The molecule has 0 aromatic rings. The van der Waals surface area contributed by atoms with Gasteiger partial charge in [-0.1, -0.05) is 12.7 Å². The van der Waals surface area contributed by atoms with Crippen LogP contribution in [0.3, 0.4) is 0 Å². The first-order valence-electron chi connectivity index (χ1n) is 3.34. The van der Waals surface area contributed by atoms with Gasteiger partial charge in [-0.3, -0.25) is 4.79 Å². The molecule has 0 aliphatic carbocycles. The summed E-state index contributed by atoms with van der Waals surface area (Å²) in [7, 11) is 1.80. The number of likely N-dealkylation sites (tertiary alicyclic amines) is 1. The molecule has 2 heteroatoms. The van der Waals surface area contributed by atoms with Crippen LogP contribution >= 0.6 is 0 Å². The second-order valence-corrected chi connectivity index (χ2v) is 2.35. The average molecular weight is 137 g/mol. The lowest BCUT2D eigenvalue weighted by Gasteiger charge is -2.08. The minimum atomic E-state index is 0.202. The number of hydrogen-bond donors (Lipinski definition) is 0. The van der Waals surface area contributed by atoms with Crippen LogP contribution in [0.15, 0.2) is 24.4 Å². The van der Waals surface area contributed by atoms with Crippen LogP contribution in [0.1, 0.15) is 12.8 Å². The highest BCUT2D eigenvalue weighted by atomic mass is 16.2. The molecule has 54 valence electrons. The van der Waals surface area contributed by atoms with Gasteiger partial charge in [0.05, 0.1) is 0 Å². The van der Waals surface area contributed by atoms with Crippen molar-refractivity contribution in [3.8, 4) is 0 Å². The molecule has 0 saturated carbocycles. The molecule has 1 rings (SSSR count). The Morgan fingerprint density at radius 2 is 2.30 bits per heavy atom. The van der Waals surface area contributed by atoms with Crippen molar-refractivity contribution < 1.29 is 4.79 Å². The minimum Gasteiger partial charge on any atom is -0.319 e. The Morgan fingerprint density at radius 3 is 2.70 bits per heavy atom. The number of hydrogen-bond acceptors (Lipinski definition) is 1. The van der Waals surface area contributed by atoms with E-state index in [1.807, 2.05) is 6.08 Å². The molecule has 1 heterocycles. The first-order valence-corrected chi connectivity index (χ1v) is 3.34. The molecular weight excluding hydrogens is 126 g/mol. The molecule has 0 bridgehead atoms. The predicted molar refractivity (Wildman–Crippen MR) is 40.3 cm³/mol. The van der Waals surface area contributed by atoms with Crippen LogP contribution < -0.4 is 0 Å². The molecule has 1 saturated heterocycles. The van der Waals surface area contributed by atoms with E-state index in [9.17, 15) is 4.79 Å². The Labute approximate surface area is 60.8 Å². The minimum absolute atomic E-state index is 0.202. The maximum Gasteiger partial charge on any atom is 0.226 e. The summed E-state index contributed by atoms with van der Waals surface area (Å²) in [6.07, 6.45) is 5.10. The summed E-state index contributed by atoms with van der Waals surface area (Å²) < 4.78 is 0. The molecular formula is C8H11NO. The summed E-state index contributed by atoms with van der Waals surface area (Å²) in [5.41, 5.74) is 1.07. The van der Waals surface area contributed by atoms with E-state index >= 15 is 0 Å². The molecule has 0 unspecified atom stereocenters. The van der Waals surface area contributed by atoms with Crippen molar-refractivity contribution in [1.29, 1.82) is 0 Å². The molecule has 0 aromatic heterocycles. The van der Waals surface area contributed by atoms with Gasteiger partial charge in [-0.15, -0.1) is 0 Å². The van der Waals surface area contributed by atoms with Crippen molar-refractivity contribution >= 4 is 5.91 Å². The molecule has 1 aliphatic heterocycles. The molecule has 0 aromatic carbocycles. The smallest absolute Gasteiger partial charge is 0.226 e. The number of nitrogens with zero attached hydrogens (tertiary/aromatic N) is 1. The molecule has 1 aliphatic rings. The molecule has 0 radical (unpaired) electrons. The van der Waals surface area contributed by atoms with Crippen molar-refractivity contribution in [2.24, 2.45) is 0 Å². The quantitative estimate of drug-likeness (QED) is 0.533. The van der Waals surface area contributed by atoms with E-state index < -0.39 is 0 Å². The van der Waals surface area contributed by atoms with Crippen LogP contribution in [-0.2, 0) is 4.79 Å². The second kappa shape index (κ2) is 2.69. The largest absolute Gasteiger partial charge is 0.319 e. The summed E-state index contributed by atoms with van der Waals surface area (Å²) in [4.78, 5) is 12.6. The third-order valence-electron chi connectivity index (χ3n) is 1.71. The van der Waals surface area contributed by atoms with Crippen LogP contribution in [0.5, 0.6) is 0 Å². The van der Waals surface area contributed by atoms with E-state index in [4.69, 9.17) is 0 Å². The Balaban J connectivity index is 2.74. The maximum absolute atomic E-state index is 10.9.